The zero-order valence-electron chi connectivity index (χ0n) is 12.0. The second-order valence-corrected chi connectivity index (χ2v) is 5.08. The molecule has 0 atom stereocenters. The van der Waals surface area contributed by atoms with Crippen LogP contribution in [0.3, 0.4) is 0 Å². The van der Waals surface area contributed by atoms with Crippen molar-refractivity contribution in [2.75, 3.05) is 19.6 Å². The van der Waals surface area contributed by atoms with Crippen LogP contribution in [0.4, 0.5) is 5.69 Å². The third-order valence-corrected chi connectivity index (χ3v) is 3.56. The second kappa shape index (κ2) is 6.99. The van der Waals surface area contributed by atoms with Crippen LogP contribution < -0.4 is 10.6 Å². The maximum Gasteiger partial charge on any atom is 0.273 e. The van der Waals surface area contributed by atoms with Gasteiger partial charge in [-0.05, 0) is 32.4 Å². The Morgan fingerprint density at radius 3 is 2.95 bits per heavy atom. The third-order valence-electron chi connectivity index (χ3n) is 3.56. The fourth-order valence-corrected chi connectivity index (χ4v) is 2.28. The summed E-state index contributed by atoms with van der Waals surface area (Å²) < 4.78 is 0. The van der Waals surface area contributed by atoms with Crippen molar-refractivity contribution < 1.29 is 9.72 Å². The number of aryl methyl sites for hydroxylation is 1. The van der Waals surface area contributed by atoms with Crippen molar-refractivity contribution in [2.45, 2.75) is 19.8 Å². The van der Waals surface area contributed by atoms with Crippen molar-refractivity contribution in [2.24, 2.45) is 0 Å². The highest BCUT2D eigenvalue weighted by molar-refractivity contribution is 5.94. The summed E-state index contributed by atoms with van der Waals surface area (Å²) in [6.45, 7) is 4.06. The molecular weight excluding hydrogens is 270 g/mol. The van der Waals surface area contributed by atoms with Gasteiger partial charge in [-0.1, -0.05) is 17.7 Å². The minimum Gasteiger partial charge on any atom is -0.352 e. The molecule has 21 heavy (non-hydrogen) atoms. The Hall–Kier alpha value is -2.21. The number of nitrogens with one attached hydrogen (secondary N) is 2. The summed E-state index contributed by atoms with van der Waals surface area (Å²) >= 11 is 0. The highest BCUT2D eigenvalue weighted by atomic mass is 16.6. The minimum atomic E-state index is -0.466. The number of hydrogen-bond acceptors (Lipinski definition) is 4. The van der Waals surface area contributed by atoms with Crippen LogP contribution in [0.1, 0.15) is 28.8 Å². The summed E-state index contributed by atoms with van der Waals surface area (Å²) in [6, 6.07) is 4.54. The molecule has 1 aromatic carbocycles. The zero-order chi connectivity index (χ0) is 15.2. The van der Waals surface area contributed by atoms with E-state index >= 15 is 0 Å². The summed E-state index contributed by atoms with van der Waals surface area (Å²) in [5.41, 5.74) is 2.19. The Morgan fingerprint density at radius 2 is 2.29 bits per heavy atom. The summed E-state index contributed by atoms with van der Waals surface area (Å²) in [6.07, 6.45) is 3.97. The molecule has 0 radical (unpaired) electrons. The third kappa shape index (κ3) is 4.13. The van der Waals surface area contributed by atoms with Crippen molar-refractivity contribution in [3.63, 3.8) is 0 Å². The summed E-state index contributed by atoms with van der Waals surface area (Å²) in [7, 11) is 0. The molecule has 6 nitrogen and oxygen atoms in total. The Balaban J connectivity index is 1.92. The van der Waals surface area contributed by atoms with Crippen LogP contribution in [0.25, 0.3) is 0 Å². The van der Waals surface area contributed by atoms with E-state index in [0.29, 0.717) is 17.7 Å². The first-order valence-corrected chi connectivity index (χ1v) is 7.00. The van der Waals surface area contributed by atoms with E-state index in [1.54, 1.807) is 19.1 Å². The Bertz CT molecular complexity index is 582. The van der Waals surface area contributed by atoms with E-state index in [1.807, 2.05) is 0 Å². The zero-order valence-corrected chi connectivity index (χ0v) is 12.0. The van der Waals surface area contributed by atoms with Gasteiger partial charge in [0.15, 0.2) is 0 Å². The first-order chi connectivity index (χ1) is 10.1. The molecule has 0 aliphatic carbocycles. The molecule has 1 aromatic rings. The van der Waals surface area contributed by atoms with Gasteiger partial charge < -0.3 is 10.6 Å². The minimum absolute atomic E-state index is 0.0243. The lowest BCUT2D eigenvalue weighted by molar-refractivity contribution is -0.385. The van der Waals surface area contributed by atoms with Crippen molar-refractivity contribution in [3.8, 4) is 0 Å². The van der Waals surface area contributed by atoms with Gasteiger partial charge in [-0.15, -0.1) is 0 Å². The van der Waals surface area contributed by atoms with Crippen LogP contribution in [-0.4, -0.2) is 30.5 Å². The number of rotatable bonds is 5. The molecule has 1 heterocycles. The number of carbonyl (C=O) groups is 1. The van der Waals surface area contributed by atoms with Gasteiger partial charge in [0.1, 0.15) is 0 Å². The monoisotopic (exact) mass is 289 g/mol. The molecule has 0 saturated carbocycles. The first kappa shape index (κ1) is 15.2. The molecule has 0 fully saturated rings. The summed E-state index contributed by atoms with van der Waals surface area (Å²) in [5, 5.41) is 16.9. The van der Waals surface area contributed by atoms with E-state index in [4.69, 9.17) is 0 Å². The number of amides is 1. The smallest absolute Gasteiger partial charge is 0.273 e. The summed E-state index contributed by atoms with van der Waals surface area (Å²) in [5.74, 6) is -0.271. The van der Waals surface area contributed by atoms with Gasteiger partial charge in [-0.25, -0.2) is 0 Å². The van der Waals surface area contributed by atoms with E-state index in [1.165, 1.54) is 11.6 Å². The largest absolute Gasteiger partial charge is 0.352 e. The summed E-state index contributed by atoms with van der Waals surface area (Å²) in [4.78, 5) is 22.4. The van der Waals surface area contributed by atoms with Crippen molar-refractivity contribution in [3.05, 3.63) is 51.1 Å². The molecule has 0 aromatic heterocycles. The van der Waals surface area contributed by atoms with Crippen LogP contribution in [0, 0.1) is 17.0 Å². The van der Waals surface area contributed by atoms with Crippen LogP contribution in [-0.2, 0) is 0 Å². The lowest BCUT2D eigenvalue weighted by atomic mass is 10.1. The Labute approximate surface area is 123 Å². The van der Waals surface area contributed by atoms with Gasteiger partial charge in [0.05, 0.1) is 4.92 Å². The highest BCUT2D eigenvalue weighted by Gasteiger charge is 2.14. The average Bonchev–Trinajstić information content (AvgIpc) is 2.48. The molecule has 112 valence electrons. The van der Waals surface area contributed by atoms with E-state index in [2.05, 4.69) is 16.7 Å². The lowest BCUT2D eigenvalue weighted by Crippen LogP contribution is -2.26. The van der Waals surface area contributed by atoms with Crippen molar-refractivity contribution in [1.29, 1.82) is 0 Å². The molecule has 1 aliphatic rings. The molecule has 0 spiro atoms. The van der Waals surface area contributed by atoms with Crippen LogP contribution in [0.2, 0.25) is 0 Å². The number of nitro groups is 1. The molecule has 6 heteroatoms. The fourth-order valence-electron chi connectivity index (χ4n) is 2.28. The highest BCUT2D eigenvalue weighted by Crippen LogP contribution is 2.19. The van der Waals surface area contributed by atoms with Gasteiger partial charge in [-0.3, -0.25) is 14.9 Å². The lowest BCUT2D eigenvalue weighted by Gasteiger charge is -2.14. The second-order valence-electron chi connectivity index (χ2n) is 5.08. The molecule has 0 bridgehead atoms. The number of carbonyl (C=O) groups excluding carboxylic acids is 1. The van der Waals surface area contributed by atoms with Crippen LogP contribution >= 0.6 is 0 Å². The van der Waals surface area contributed by atoms with Gasteiger partial charge >= 0.3 is 0 Å². The maximum absolute atomic E-state index is 12.0. The molecule has 0 saturated heterocycles. The Morgan fingerprint density at radius 1 is 1.48 bits per heavy atom. The van der Waals surface area contributed by atoms with Gasteiger partial charge in [0, 0.05) is 30.3 Å². The number of nitro benzene ring substituents is 1. The molecule has 0 unspecified atom stereocenters. The van der Waals surface area contributed by atoms with Gasteiger partial charge in [-0.2, -0.15) is 0 Å². The molecular formula is C15H19N3O3. The molecule has 2 N–H and O–H groups in total. The molecule has 1 aliphatic heterocycles. The van der Waals surface area contributed by atoms with Crippen molar-refractivity contribution in [1.82, 2.24) is 10.6 Å². The van der Waals surface area contributed by atoms with Crippen LogP contribution in [0.15, 0.2) is 29.8 Å². The van der Waals surface area contributed by atoms with E-state index in [-0.39, 0.29) is 11.6 Å². The van der Waals surface area contributed by atoms with Crippen LogP contribution in [0.5, 0.6) is 0 Å². The number of nitrogens with zero attached hydrogens (tertiary/aromatic N) is 1. The topological polar surface area (TPSA) is 84.3 Å². The van der Waals surface area contributed by atoms with Gasteiger partial charge in [0.25, 0.3) is 11.6 Å². The number of hydrogen-bond donors (Lipinski definition) is 2. The standard InChI is InChI=1S/C15H19N3O3/c1-11-2-3-13(10-14(11)18(20)21)15(19)17-9-6-12-4-7-16-8-5-12/h2-4,10,16H,5-9H2,1H3,(H,17,19). The molecule has 1 amide bonds. The van der Waals surface area contributed by atoms with E-state index in [0.717, 1.165) is 25.9 Å². The van der Waals surface area contributed by atoms with E-state index < -0.39 is 4.92 Å². The van der Waals surface area contributed by atoms with Gasteiger partial charge in [0.2, 0.25) is 0 Å². The predicted octanol–water partition coefficient (Wildman–Crippen LogP) is 1.94. The first-order valence-electron chi connectivity index (χ1n) is 7.00. The van der Waals surface area contributed by atoms with E-state index in [9.17, 15) is 14.9 Å². The SMILES string of the molecule is Cc1ccc(C(=O)NCCC2=CCNCC2)cc1[N+](=O)[O-]. The number of benzene rings is 1. The predicted molar refractivity (Wildman–Crippen MR) is 80.4 cm³/mol. The van der Waals surface area contributed by atoms with Crippen molar-refractivity contribution >= 4 is 11.6 Å². The fraction of sp³-hybridized carbons (Fsp3) is 0.400. The average molecular weight is 289 g/mol. The molecule has 2 rings (SSSR count). The normalized spacial score (nSPS) is 14.4. The maximum atomic E-state index is 12.0. The quantitative estimate of drug-likeness (QED) is 0.493. The Kier molecular flexibility index (Phi) is 5.05.